The molecule has 1 aliphatic heterocycles. The van der Waals surface area contributed by atoms with E-state index < -0.39 is 0 Å². The normalized spacial score (nSPS) is 20.1. The van der Waals surface area contributed by atoms with E-state index in [-0.39, 0.29) is 11.4 Å². The second-order valence-corrected chi connectivity index (χ2v) is 7.75. The molecule has 0 bridgehead atoms. The molecule has 1 aromatic rings. The maximum absolute atomic E-state index is 12.1. The lowest BCUT2D eigenvalue weighted by Crippen LogP contribution is -2.42. The molecule has 20 heavy (non-hydrogen) atoms. The fraction of sp³-hybridized carbons (Fsp3) is 0.714. The first-order valence-electron chi connectivity index (χ1n) is 6.95. The summed E-state index contributed by atoms with van der Waals surface area (Å²) in [6.07, 6.45) is 2.49. The molecular formula is C14H24N4OS. The van der Waals surface area contributed by atoms with E-state index in [1.54, 1.807) is 0 Å². The van der Waals surface area contributed by atoms with Gasteiger partial charge in [-0.05, 0) is 33.7 Å². The van der Waals surface area contributed by atoms with Crippen LogP contribution in [0.25, 0.3) is 0 Å². The Morgan fingerprint density at radius 3 is 2.75 bits per heavy atom. The second-order valence-electron chi connectivity index (χ2n) is 6.61. The molecule has 0 unspecified atom stereocenters. The van der Waals surface area contributed by atoms with E-state index >= 15 is 0 Å². The first-order chi connectivity index (χ1) is 9.25. The SMILES string of the molecule is CN(Cc1cnc(N)s1)C[C@@H]1CC(=O)N(C(C)(C)C)C1. The largest absolute Gasteiger partial charge is 0.375 e. The molecule has 1 saturated heterocycles. The minimum atomic E-state index is -0.0729. The lowest BCUT2D eigenvalue weighted by atomic mass is 10.1. The summed E-state index contributed by atoms with van der Waals surface area (Å²) < 4.78 is 0. The number of amides is 1. The summed E-state index contributed by atoms with van der Waals surface area (Å²) in [6, 6.07) is 0. The number of rotatable bonds is 4. The highest BCUT2D eigenvalue weighted by molar-refractivity contribution is 7.15. The van der Waals surface area contributed by atoms with E-state index in [0.717, 1.165) is 19.6 Å². The number of likely N-dealkylation sites (tertiary alicyclic amines) is 1. The average molecular weight is 296 g/mol. The van der Waals surface area contributed by atoms with Gasteiger partial charge in [-0.1, -0.05) is 0 Å². The van der Waals surface area contributed by atoms with Gasteiger partial charge in [0.1, 0.15) is 0 Å². The number of nitrogens with zero attached hydrogens (tertiary/aromatic N) is 3. The average Bonchev–Trinajstić information content (AvgIpc) is 2.84. The predicted octanol–water partition coefficient (Wildman–Crippen LogP) is 1.80. The minimum Gasteiger partial charge on any atom is -0.375 e. The molecule has 2 heterocycles. The van der Waals surface area contributed by atoms with Crippen LogP contribution >= 0.6 is 11.3 Å². The zero-order chi connectivity index (χ0) is 14.9. The molecule has 1 atom stereocenters. The van der Waals surface area contributed by atoms with Crippen molar-refractivity contribution < 1.29 is 4.79 Å². The first kappa shape index (κ1) is 15.3. The quantitative estimate of drug-likeness (QED) is 0.920. The van der Waals surface area contributed by atoms with E-state index in [1.807, 2.05) is 11.1 Å². The fourth-order valence-electron chi connectivity index (χ4n) is 2.72. The number of nitrogens with two attached hydrogens (primary N) is 1. The van der Waals surface area contributed by atoms with Gasteiger partial charge in [-0.25, -0.2) is 4.98 Å². The number of thiazole rings is 1. The Hall–Kier alpha value is -1.14. The van der Waals surface area contributed by atoms with E-state index in [0.29, 0.717) is 17.5 Å². The number of aromatic nitrogens is 1. The van der Waals surface area contributed by atoms with Crippen LogP contribution in [0, 0.1) is 5.92 Å². The Kier molecular flexibility index (Phi) is 4.34. The van der Waals surface area contributed by atoms with Crippen molar-refractivity contribution in [1.29, 1.82) is 0 Å². The van der Waals surface area contributed by atoms with Gasteiger partial charge in [0.05, 0.1) is 0 Å². The van der Waals surface area contributed by atoms with Gasteiger partial charge in [-0.15, -0.1) is 11.3 Å². The third-order valence-electron chi connectivity index (χ3n) is 3.58. The summed E-state index contributed by atoms with van der Waals surface area (Å²) in [5.41, 5.74) is 5.57. The van der Waals surface area contributed by atoms with E-state index in [2.05, 4.69) is 37.7 Å². The number of nitrogen functional groups attached to an aromatic ring is 1. The molecule has 1 fully saturated rings. The number of hydrogen-bond donors (Lipinski definition) is 1. The van der Waals surface area contributed by atoms with E-state index in [4.69, 9.17) is 5.73 Å². The molecule has 112 valence electrons. The van der Waals surface area contributed by atoms with Crippen LogP contribution in [-0.2, 0) is 11.3 Å². The maximum Gasteiger partial charge on any atom is 0.223 e. The van der Waals surface area contributed by atoms with Crippen molar-refractivity contribution in [3.05, 3.63) is 11.1 Å². The zero-order valence-electron chi connectivity index (χ0n) is 12.7. The Bertz CT molecular complexity index is 480. The van der Waals surface area contributed by atoms with Crippen molar-refractivity contribution in [2.24, 2.45) is 5.92 Å². The molecular weight excluding hydrogens is 272 g/mol. The molecule has 1 amide bonds. The molecule has 5 nitrogen and oxygen atoms in total. The third-order valence-corrected chi connectivity index (χ3v) is 4.39. The van der Waals surface area contributed by atoms with Gasteiger partial charge in [0, 0.05) is 42.7 Å². The Labute approximate surface area is 124 Å². The molecule has 1 aliphatic rings. The smallest absolute Gasteiger partial charge is 0.223 e. The van der Waals surface area contributed by atoms with Crippen molar-refractivity contribution in [2.75, 3.05) is 25.9 Å². The number of carbonyl (C=O) groups excluding carboxylic acids is 1. The van der Waals surface area contributed by atoms with Crippen LogP contribution in [-0.4, -0.2) is 46.4 Å². The highest BCUT2D eigenvalue weighted by Gasteiger charge is 2.36. The van der Waals surface area contributed by atoms with Crippen molar-refractivity contribution in [1.82, 2.24) is 14.8 Å². The monoisotopic (exact) mass is 296 g/mol. The van der Waals surface area contributed by atoms with E-state index in [1.165, 1.54) is 16.2 Å². The summed E-state index contributed by atoms with van der Waals surface area (Å²) in [6.45, 7) is 8.91. The van der Waals surface area contributed by atoms with Crippen molar-refractivity contribution in [3.8, 4) is 0 Å². The standard InChI is InChI=1S/C14H24N4OS/c1-14(2,3)18-8-10(5-12(18)19)7-17(4)9-11-6-16-13(15)20-11/h6,10H,5,7-9H2,1-4H3,(H2,15,16)/t10-/m0/s1. The summed E-state index contributed by atoms with van der Waals surface area (Å²) in [4.78, 5) is 21.5. The van der Waals surface area contributed by atoms with Gasteiger partial charge in [0.2, 0.25) is 5.91 Å². The third kappa shape index (κ3) is 3.70. The van der Waals surface area contributed by atoms with Gasteiger partial charge in [-0.2, -0.15) is 0 Å². The summed E-state index contributed by atoms with van der Waals surface area (Å²) in [5.74, 6) is 0.690. The highest BCUT2D eigenvalue weighted by Crippen LogP contribution is 2.26. The lowest BCUT2D eigenvalue weighted by Gasteiger charge is -2.32. The second kappa shape index (κ2) is 5.69. The molecule has 0 aliphatic carbocycles. The number of hydrogen-bond acceptors (Lipinski definition) is 5. The molecule has 2 rings (SSSR count). The van der Waals surface area contributed by atoms with Gasteiger partial charge in [0.15, 0.2) is 5.13 Å². The molecule has 0 spiro atoms. The summed E-state index contributed by atoms with van der Waals surface area (Å²) >= 11 is 1.53. The van der Waals surface area contributed by atoms with Gasteiger partial charge >= 0.3 is 0 Å². The first-order valence-corrected chi connectivity index (χ1v) is 7.76. The van der Waals surface area contributed by atoms with Gasteiger partial charge in [-0.3, -0.25) is 4.79 Å². The Balaban J connectivity index is 1.87. The predicted molar refractivity (Wildman–Crippen MR) is 82.4 cm³/mol. The molecule has 0 aromatic carbocycles. The minimum absolute atomic E-state index is 0.0729. The van der Waals surface area contributed by atoms with Crippen LogP contribution in [0.5, 0.6) is 0 Å². The van der Waals surface area contributed by atoms with Crippen molar-refractivity contribution in [2.45, 2.75) is 39.3 Å². The zero-order valence-corrected chi connectivity index (χ0v) is 13.5. The van der Waals surface area contributed by atoms with Gasteiger partial charge in [0.25, 0.3) is 0 Å². The van der Waals surface area contributed by atoms with Crippen molar-refractivity contribution >= 4 is 22.4 Å². The number of anilines is 1. The fourth-order valence-corrected chi connectivity index (χ4v) is 3.48. The maximum atomic E-state index is 12.1. The van der Waals surface area contributed by atoms with Gasteiger partial charge < -0.3 is 15.5 Å². The lowest BCUT2D eigenvalue weighted by molar-refractivity contribution is -0.131. The molecule has 0 saturated carbocycles. The van der Waals surface area contributed by atoms with E-state index in [9.17, 15) is 4.79 Å². The van der Waals surface area contributed by atoms with Crippen LogP contribution in [0.3, 0.4) is 0 Å². The van der Waals surface area contributed by atoms with Crippen LogP contribution in [0.15, 0.2) is 6.20 Å². The molecule has 1 aromatic heterocycles. The van der Waals surface area contributed by atoms with Crippen LogP contribution < -0.4 is 5.73 Å². The molecule has 2 N–H and O–H groups in total. The summed E-state index contributed by atoms with van der Waals surface area (Å²) in [7, 11) is 2.08. The van der Waals surface area contributed by atoms with Crippen LogP contribution in [0.1, 0.15) is 32.1 Å². The Morgan fingerprint density at radius 1 is 1.55 bits per heavy atom. The van der Waals surface area contributed by atoms with Crippen LogP contribution in [0.4, 0.5) is 5.13 Å². The highest BCUT2D eigenvalue weighted by atomic mass is 32.1. The topological polar surface area (TPSA) is 62.5 Å². The summed E-state index contributed by atoms with van der Waals surface area (Å²) in [5, 5.41) is 0.614. The van der Waals surface area contributed by atoms with Crippen molar-refractivity contribution in [3.63, 3.8) is 0 Å². The number of carbonyl (C=O) groups is 1. The Morgan fingerprint density at radius 2 is 2.25 bits per heavy atom. The molecule has 6 heteroatoms. The van der Waals surface area contributed by atoms with Crippen LogP contribution in [0.2, 0.25) is 0 Å². The molecule has 0 radical (unpaired) electrons.